The molecule has 2 bridgehead atoms. The Bertz CT molecular complexity index is 503. The van der Waals surface area contributed by atoms with Gasteiger partial charge in [0.15, 0.2) is 0 Å². The third-order valence-corrected chi connectivity index (χ3v) is 4.93. The molecule has 2 aliphatic rings. The van der Waals surface area contributed by atoms with Crippen LogP contribution < -0.4 is 0 Å². The molecule has 0 saturated heterocycles. The topological polar surface area (TPSA) is 54.6 Å². The van der Waals surface area contributed by atoms with E-state index in [1.54, 1.807) is 4.57 Å². The van der Waals surface area contributed by atoms with Crippen molar-refractivity contribution >= 4 is 15.9 Å². The fourth-order valence-electron chi connectivity index (χ4n) is 3.26. The lowest BCUT2D eigenvalue weighted by molar-refractivity contribution is 0.0837. The molecule has 5 heteroatoms. The normalized spacial score (nSPS) is 22.1. The van der Waals surface area contributed by atoms with Crippen molar-refractivity contribution in [1.82, 2.24) is 4.57 Å². The molecule has 2 aliphatic heterocycles. The number of fused-ring (bicyclic) bond motifs is 5. The number of hydrogen-bond donors (Lipinski definition) is 2. The van der Waals surface area contributed by atoms with Crippen LogP contribution in [0.1, 0.15) is 61.9 Å². The molecule has 116 valence electrons. The molecule has 1 aromatic heterocycles. The number of hydrogen-bond acceptors (Lipinski definition) is 3. The quantitative estimate of drug-likeness (QED) is 0.414. The molecule has 0 aliphatic carbocycles. The number of halogens is 1. The van der Waals surface area contributed by atoms with E-state index in [0.717, 1.165) is 29.3 Å². The van der Waals surface area contributed by atoms with Crippen molar-refractivity contribution in [3.63, 3.8) is 0 Å². The van der Waals surface area contributed by atoms with Crippen LogP contribution in [0, 0.1) is 0 Å². The van der Waals surface area contributed by atoms with Crippen molar-refractivity contribution in [3.8, 4) is 11.8 Å². The lowest BCUT2D eigenvalue weighted by Gasteiger charge is -2.10. The molecule has 0 spiro atoms. The van der Waals surface area contributed by atoms with Crippen LogP contribution in [0.5, 0.6) is 11.8 Å². The fourth-order valence-corrected chi connectivity index (χ4v) is 3.65. The van der Waals surface area contributed by atoms with Crippen molar-refractivity contribution in [2.24, 2.45) is 0 Å². The second-order valence-corrected chi connectivity index (χ2v) is 6.59. The zero-order valence-corrected chi connectivity index (χ0v) is 13.7. The highest BCUT2D eigenvalue weighted by Gasteiger charge is 2.41. The summed E-state index contributed by atoms with van der Waals surface area (Å²) in [6.45, 7) is 0.669. The van der Waals surface area contributed by atoms with Gasteiger partial charge in [0.2, 0.25) is 11.8 Å². The smallest absolute Gasteiger partial charge is 0.200 e. The van der Waals surface area contributed by atoms with Crippen molar-refractivity contribution in [2.75, 3.05) is 5.33 Å². The van der Waals surface area contributed by atoms with Crippen LogP contribution in [0.2, 0.25) is 0 Å². The summed E-state index contributed by atoms with van der Waals surface area (Å²) in [5.41, 5.74) is 1.52. The zero-order chi connectivity index (χ0) is 14.8. The summed E-state index contributed by atoms with van der Waals surface area (Å²) < 4.78 is 7.27. The standard InChI is InChI=1S/C16H22BrNO3/c17-9-5-3-1-2-4-6-10-18-15(19)13-11-7-8-12(21-11)14(13)16(18)20/h7-8,11-12,19-20H,1-6,9-10H2. The van der Waals surface area contributed by atoms with Crippen LogP contribution in [-0.4, -0.2) is 20.1 Å². The van der Waals surface area contributed by atoms with Gasteiger partial charge in [0.25, 0.3) is 0 Å². The van der Waals surface area contributed by atoms with Crippen molar-refractivity contribution in [3.05, 3.63) is 23.3 Å². The van der Waals surface area contributed by atoms with Gasteiger partial charge in [-0.1, -0.05) is 53.8 Å². The number of rotatable bonds is 8. The van der Waals surface area contributed by atoms with Gasteiger partial charge < -0.3 is 14.9 Å². The first kappa shape index (κ1) is 15.0. The first-order valence-electron chi connectivity index (χ1n) is 7.78. The van der Waals surface area contributed by atoms with Crippen LogP contribution >= 0.6 is 15.9 Å². The molecular formula is C16H22BrNO3. The monoisotopic (exact) mass is 355 g/mol. The maximum absolute atomic E-state index is 10.3. The highest BCUT2D eigenvalue weighted by molar-refractivity contribution is 9.09. The van der Waals surface area contributed by atoms with E-state index in [9.17, 15) is 10.2 Å². The molecule has 3 rings (SSSR count). The molecule has 2 N–H and O–H groups in total. The molecule has 21 heavy (non-hydrogen) atoms. The summed E-state index contributed by atoms with van der Waals surface area (Å²) >= 11 is 3.44. The number of unbranched alkanes of at least 4 members (excludes halogenated alkanes) is 5. The summed E-state index contributed by atoms with van der Waals surface area (Å²) in [6, 6.07) is 0. The molecular weight excluding hydrogens is 334 g/mol. The Morgan fingerprint density at radius 1 is 0.905 bits per heavy atom. The number of aromatic nitrogens is 1. The van der Waals surface area contributed by atoms with Crippen molar-refractivity contribution in [1.29, 1.82) is 0 Å². The van der Waals surface area contributed by atoms with Gasteiger partial charge >= 0.3 is 0 Å². The fraction of sp³-hybridized carbons (Fsp3) is 0.625. The minimum Gasteiger partial charge on any atom is -0.494 e. The Labute approximate surface area is 133 Å². The summed E-state index contributed by atoms with van der Waals surface area (Å²) in [7, 11) is 0. The highest BCUT2D eigenvalue weighted by Crippen LogP contribution is 2.54. The van der Waals surface area contributed by atoms with E-state index in [-0.39, 0.29) is 24.0 Å². The number of nitrogens with zero attached hydrogens (tertiary/aromatic N) is 1. The molecule has 2 unspecified atom stereocenters. The SMILES string of the molecule is Oc1c2c(c(O)n1CCCCCCCCBr)C1C=CC2O1. The highest BCUT2D eigenvalue weighted by atomic mass is 79.9. The van der Waals surface area contributed by atoms with Gasteiger partial charge in [-0.2, -0.15) is 0 Å². The lowest BCUT2D eigenvalue weighted by atomic mass is 10.0. The summed E-state index contributed by atoms with van der Waals surface area (Å²) in [5, 5.41) is 21.7. The molecule has 1 aromatic rings. The van der Waals surface area contributed by atoms with E-state index in [4.69, 9.17) is 4.74 Å². The Kier molecular flexibility index (Phi) is 4.60. The van der Waals surface area contributed by atoms with E-state index in [1.165, 1.54) is 25.7 Å². The average molecular weight is 356 g/mol. The zero-order valence-electron chi connectivity index (χ0n) is 12.1. The second kappa shape index (κ2) is 6.44. The van der Waals surface area contributed by atoms with E-state index < -0.39 is 0 Å². The van der Waals surface area contributed by atoms with Crippen LogP contribution in [0.25, 0.3) is 0 Å². The maximum atomic E-state index is 10.3. The van der Waals surface area contributed by atoms with Gasteiger partial charge in [-0.3, -0.25) is 4.57 Å². The number of alkyl halides is 1. The van der Waals surface area contributed by atoms with Gasteiger partial charge in [0.05, 0.1) is 11.1 Å². The van der Waals surface area contributed by atoms with E-state index >= 15 is 0 Å². The molecule has 2 atom stereocenters. The number of aromatic hydroxyl groups is 2. The third kappa shape index (κ3) is 2.73. The first-order chi connectivity index (χ1) is 10.2. The summed E-state index contributed by atoms with van der Waals surface area (Å²) in [4.78, 5) is 0. The van der Waals surface area contributed by atoms with Crippen LogP contribution in [0.15, 0.2) is 12.2 Å². The van der Waals surface area contributed by atoms with Crippen LogP contribution in [0.4, 0.5) is 0 Å². The molecule has 0 fully saturated rings. The van der Waals surface area contributed by atoms with Gasteiger partial charge in [-0.05, 0) is 12.8 Å². The van der Waals surface area contributed by atoms with Crippen molar-refractivity contribution in [2.45, 2.75) is 57.3 Å². The van der Waals surface area contributed by atoms with Gasteiger partial charge in [0, 0.05) is 11.9 Å². The van der Waals surface area contributed by atoms with Gasteiger partial charge in [-0.25, -0.2) is 0 Å². The molecule has 0 saturated carbocycles. The Hall–Kier alpha value is -0.940. The lowest BCUT2D eigenvalue weighted by Crippen LogP contribution is -1.99. The minimum absolute atomic E-state index is 0.179. The molecule has 3 heterocycles. The van der Waals surface area contributed by atoms with Gasteiger partial charge in [0.1, 0.15) is 12.2 Å². The predicted octanol–water partition coefficient (Wildman–Crippen LogP) is 4.32. The van der Waals surface area contributed by atoms with Crippen LogP contribution in [0.3, 0.4) is 0 Å². The number of ether oxygens (including phenoxy) is 1. The second-order valence-electron chi connectivity index (χ2n) is 5.80. The van der Waals surface area contributed by atoms with E-state index in [1.807, 2.05) is 12.2 Å². The van der Waals surface area contributed by atoms with Gasteiger partial charge in [-0.15, -0.1) is 0 Å². The Morgan fingerprint density at radius 3 is 2.00 bits per heavy atom. The first-order valence-corrected chi connectivity index (χ1v) is 8.90. The third-order valence-electron chi connectivity index (χ3n) is 4.37. The average Bonchev–Trinajstić information content (AvgIpc) is 3.15. The van der Waals surface area contributed by atoms with E-state index in [0.29, 0.717) is 6.54 Å². The molecule has 4 nitrogen and oxygen atoms in total. The van der Waals surface area contributed by atoms with Crippen molar-refractivity contribution < 1.29 is 14.9 Å². The summed E-state index contributed by atoms with van der Waals surface area (Å²) in [5.74, 6) is 0.359. The predicted molar refractivity (Wildman–Crippen MR) is 85.0 cm³/mol. The van der Waals surface area contributed by atoms with Crippen LogP contribution in [-0.2, 0) is 11.3 Å². The summed E-state index contributed by atoms with van der Waals surface area (Å²) in [6.07, 6.45) is 10.6. The Morgan fingerprint density at radius 2 is 1.43 bits per heavy atom. The molecule has 0 radical (unpaired) electrons. The Balaban J connectivity index is 1.53. The largest absolute Gasteiger partial charge is 0.494 e. The van der Waals surface area contributed by atoms with E-state index in [2.05, 4.69) is 15.9 Å². The molecule has 0 aromatic carbocycles. The molecule has 0 amide bonds. The minimum atomic E-state index is -0.179. The maximum Gasteiger partial charge on any atom is 0.200 e.